The van der Waals surface area contributed by atoms with Crippen LogP contribution in [0.25, 0.3) is 0 Å². The number of rotatable bonds is 1. The van der Waals surface area contributed by atoms with E-state index >= 15 is 0 Å². The summed E-state index contributed by atoms with van der Waals surface area (Å²) in [4.78, 5) is 0. The molecule has 3 rings (SSSR count). The van der Waals surface area contributed by atoms with Gasteiger partial charge in [0.15, 0.2) is 5.75 Å². The largest absolute Gasteiger partial charge is 0.480 e. The highest BCUT2D eigenvalue weighted by atomic mass is 79.9. The summed E-state index contributed by atoms with van der Waals surface area (Å²) < 4.78 is 6.92. The molecule has 1 aliphatic heterocycles. The van der Waals surface area contributed by atoms with Gasteiger partial charge < -0.3 is 10.1 Å². The fraction of sp³-hybridized carbons (Fsp3) is 0.143. The summed E-state index contributed by atoms with van der Waals surface area (Å²) in [6.07, 6.45) is -0.145. The molecule has 1 atom stereocenters. The Balaban J connectivity index is 1.95. The molecule has 0 fully saturated rings. The number of benzene rings is 2. The molecule has 0 aliphatic carbocycles. The first-order valence-electron chi connectivity index (χ1n) is 5.79. The molecule has 2 nitrogen and oxygen atoms in total. The Morgan fingerprint density at radius 1 is 1.16 bits per heavy atom. The molecule has 0 spiro atoms. The number of anilines is 1. The van der Waals surface area contributed by atoms with Crippen molar-refractivity contribution in [2.24, 2.45) is 0 Å². The Kier molecular flexibility index (Phi) is 3.61. The molecule has 1 heterocycles. The highest BCUT2D eigenvalue weighted by Gasteiger charge is 2.24. The monoisotopic (exact) mass is 357 g/mol. The zero-order valence-electron chi connectivity index (χ0n) is 9.79. The van der Waals surface area contributed by atoms with Crippen LogP contribution >= 0.6 is 39.1 Å². The Labute approximate surface area is 129 Å². The van der Waals surface area contributed by atoms with Gasteiger partial charge >= 0.3 is 0 Å². The minimum atomic E-state index is -0.145. The third kappa shape index (κ3) is 2.55. The number of halogens is 3. The smallest absolute Gasteiger partial charge is 0.162 e. The van der Waals surface area contributed by atoms with Crippen molar-refractivity contribution in [2.75, 3.05) is 11.9 Å². The van der Waals surface area contributed by atoms with Crippen molar-refractivity contribution in [1.82, 2.24) is 0 Å². The Morgan fingerprint density at radius 2 is 2.00 bits per heavy atom. The van der Waals surface area contributed by atoms with E-state index in [1.807, 2.05) is 36.4 Å². The van der Waals surface area contributed by atoms with Crippen LogP contribution in [-0.4, -0.2) is 6.54 Å². The van der Waals surface area contributed by atoms with E-state index in [0.29, 0.717) is 22.3 Å². The fourth-order valence-corrected chi connectivity index (χ4v) is 3.10. The second-order valence-corrected chi connectivity index (χ2v) is 6.00. The zero-order valence-corrected chi connectivity index (χ0v) is 12.9. The van der Waals surface area contributed by atoms with Crippen LogP contribution in [0.2, 0.25) is 10.0 Å². The molecule has 0 radical (unpaired) electrons. The van der Waals surface area contributed by atoms with Gasteiger partial charge in [-0.25, -0.2) is 0 Å². The summed E-state index contributed by atoms with van der Waals surface area (Å²) in [6, 6.07) is 11.4. The first-order chi connectivity index (χ1) is 9.15. The van der Waals surface area contributed by atoms with Gasteiger partial charge in [-0.15, -0.1) is 0 Å². The minimum Gasteiger partial charge on any atom is -0.480 e. The van der Waals surface area contributed by atoms with E-state index in [1.165, 1.54) is 0 Å². The Bertz CT molecular complexity index is 633. The van der Waals surface area contributed by atoms with Crippen molar-refractivity contribution in [3.8, 4) is 5.75 Å². The number of para-hydroxylation sites is 1. The standard InChI is InChI=1S/C14H10BrCl2NO/c15-8-4-5-9(11(17)6-8)13-7-18-12-3-1-2-10(16)14(12)19-13/h1-6,13,18H,7H2. The first kappa shape index (κ1) is 13.1. The third-order valence-electron chi connectivity index (χ3n) is 3.01. The van der Waals surface area contributed by atoms with E-state index in [2.05, 4.69) is 21.2 Å². The first-order valence-corrected chi connectivity index (χ1v) is 7.34. The van der Waals surface area contributed by atoms with E-state index < -0.39 is 0 Å². The molecule has 0 aromatic heterocycles. The van der Waals surface area contributed by atoms with Gasteiger partial charge in [-0.05, 0) is 24.3 Å². The third-order valence-corrected chi connectivity index (χ3v) is 4.13. The van der Waals surface area contributed by atoms with Crippen molar-refractivity contribution in [1.29, 1.82) is 0 Å². The maximum Gasteiger partial charge on any atom is 0.162 e. The number of ether oxygens (including phenoxy) is 1. The lowest BCUT2D eigenvalue weighted by Crippen LogP contribution is -2.24. The van der Waals surface area contributed by atoms with Crippen LogP contribution in [0.4, 0.5) is 5.69 Å². The van der Waals surface area contributed by atoms with Crippen molar-refractivity contribution in [2.45, 2.75) is 6.10 Å². The normalized spacial score (nSPS) is 17.3. The lowest BCUT2D eigenvalue weighted by molar-refractivity contribution is 0.211. The number of fused-ring (bicyclic) bond motifs is 1. The van der Waals surface area contributed by atoms with Gasteiger partial charge in [0.2, 0.25) is 0 Å². The van der Waals surface area contributed by atoms with Crippen LogP contribution in [0.3, 0.4) is 0 Å². The summed E-state index contributed by atoms with van der Waals surface area (Å²) in [5.74, 6) is 0.680. The Morgan fingerprint density at radius 3 is 2.79 bits per heavy atom. The molecular formula is C14H10BrCl2NO. The van der Waals surface area contributed by atoms with Crippen LogP contribution < -0.4 is 10.1 Å². The molecule has 1 unspecified atom stereocenters. The maximum absolute atomic E-state index is 6.26. The van der Waals surface area contributed by atoms with Gasteiger partial charge in [-0.1, -0.05) is 51.3 Å². The minimum absolute atomic E-state index is 0.145. The molecule has 0 saturated carbocycles. The molecule has 2 aromatic carbocycles. The van der Waals surface area contributed by atoms with Crippen LogP contribution in [0.1, 0.15) is 11.7 Å². The summed E-state index contributed by atoms with van der Waals surface area (Å²) in [5, 5.41) is 4.59. The number of nitrogens with one attached hydrogen (secondary N) is 1. The van der Waals surface area contributed by atoms with Crippen LogP contribution in [0.5, 0.6) is 5.75 Å². The summed E-state index contributed by atoms with van der Waals surface area (Å²) in [5.41, 5.74) is 1.86. The van der Waals surface area contributed by atoms with Crippen molar-refractivity contribution >= 4 is 44.8 Å². The maximum atomic E-state index is 6.26. The van der Waals surface area contributed by atoms with E-state index in [1.54, 1.807) is 0 Å². The topological polar surface area (TPSA) is 21.3 Å². The van der Waals surface area contributed by atoms with Crippen LogP contribution in [0, 0.1) is 0 Å². The predicted molar refractivity (Wildman–Crippen MR) is 82.5 cm³/mol. The lowest BCUT2D eigenvalue weighted by atomic mass is 10.1. The fourth-order valence-electron chi connectivity index (χ4n) is 2.09. The molecule has 19 heavy (non-hydrogen) atoms. The molecular weight excluding hydrogens is 349 g/mol. The number of hydrogen-bond acceptors (Lipinski definition) is 2. The molecule has 98 valence electrons. The van der Waals surface area contributed by atoms with E-state index in [0.717, 1.165) is 15.7 Å². The second-order valence-electron chi connectivity index (χ2n) is 4.27. The van der Waals surface area contributed by atoms with Crippen molar-refractivity contribution in [3.05, 3.63) is 56.5 Å². The molecule has 2 aromatic rings. The zero-order chi connectivity index (χ0) is 13.4. The van der Waals surface area contributed by atoms with Gasteiger partial charge in [-0.2, -0.15) is 0 Å². The van der Waals surface area contributed by atoms with Gasteiger partial charge in [0.1, 0.15) is 6.10 Å². The average molecular weight is 359 g/mol. The van der Waals surface area contributed by atoms with Crippen molar-refractivity contribution < 1.29 is 4.74 Å². The molecule has 1 aliphatic rings. The molecule has 5 heteroatoms. The second kappa shape index (κ2) is 5.23. The van der Waals surface area contributed by atoms with E-state index in [9.17, 15) is 0 Å². The van der Waals surface area contributed by atoms with Crippen LogP contribution in [0.15, 0.2) is 40.9 Å². The van der Waals surface area contributed by atoms with Gasteiger partial charge in [0.05, 0.1) is 17.3 Å². The molecule has 0 bridgehead atoms. The molecule has 1 N–H and O–H groups in total. The van der Waals surface area contributed by atoms with Crippen molar-refractivity contribution in [3.63, 3.8) is 0 Å². The van der Waals surface area contributed by atoms with E-state index in [4.69, 9.17) is 27.9 Å². The lowest BCUT2D eigenvalue weighted by Gasteiger charge is -2.28. The molecule has 0 amide bonds. The summed E-state index contributed by atoms with van der Waals surface area (Å²) in [6.45, 7) is 0.661. The average Bonchev–Trinajstić information content (AvgIpc) is 2.39. The summed E-state index contributed by atoms with van der Waals surface area (Å²) >= 11 is 15.8. The quantitative estimate of drug-likeness (QED) is 0.746. The predicted octanol–water partition coefficient (Wildman–Crippen LogP) is 5.30. The SMILES string of the molecule is Clc1cc(Br)ccc1C1CNc2cccc(Cl)c2O1. The molecule has 0 saturated heterocycles. The summed E-state index contributed by atoms with van der Waals surface area (Å²) in [7, 11) is 0. The number of hydrogen-bond donors (Lipinski definition) is 1. The van der Waals surface area contributed by atoms with Gasteiger partial charge in [0.25, 0.3) is 0 Å². The van der Waals surface area contributed by atoms with Gasteiger partial charge in [-0.3, -0.25) is 0 Å². The van der Waals surface area contributed by atoms with Crippen LogP contribution in [-0.2, 0) is 0 Å². The van der Waals surface area contributed by atoms with Gasteiger partial charge in [0, 0.05) is 15.1 Å². The Hall–Kier alpha value is -0.900. The van der Waals surface area contributed by atoms with E-state index in [-0.39, 0.29) is 6.10 Å². The highest BCUT2D eigenvalue weighted by Crippen LogP contribution is 2.41. The highest BCUT2D eigenvalue weighted by molar-refractivity contribution is 9.10.